The van der Waals surface area contributed by atoms with E-state index in [1.54, 1.807) is 26.0 Å². The monoisotopic (exact) mass is 420 g/mol. The van der Waals surface area contributed by atoms with Gasteiger partial charge in [-0.2, -0.15) is 4.31 Å². The molecule has 0 bridgehead atoms. The summed E-state index contributed by atoms with van der Waals surface area (Å²) in [5.74, 6) is -0.930. The summed E-state index contributed by atoms with van der Waals surface area (Å²) in [7, 11) is -3.63. The van der Waals surface area contributed by atoms with Crippen LogP contribution in [0.5, 0.6) is 0 Å². The highest BCUT2D eigenvalue weighted by molar-refractivity contribution is 7.89. The molecule has 0 saturated carbocycles. The van der Waals surface area contributed by atoms with Gasteiger partial charge in [0, 0.05) is 32.3 Å². The average molecular weight is 421 g/mol. The van der Waals surface area contributed by atoms with E-state index in [-0.39, 0.29) is 38.7 Å². The molecule has 2 rings (SSSR count). The van der Waals surface area contributed by atoms with Gasteiger partial charge < -0.3 is 9.64 Å². The molecule has 8 heteroatoms. The van der Waals surface area contributed by atoms with Crippen LogP contribution in [-0.4, -0.2) is 62.3 Å². The van der Waals surface area contributed by atoms with Crippen molar-refractivity contribution in [2.45, 2.75) is 32.6 Å². The minimum atomic E-state index is -3.63. The summed E-state index contributed by atoms with van der Waals surface area (Å²) in [6.07, 6.45) is 6.22. The van der Waals surface area contributed by atoms with Crippen LogP contribution in [0.1, 0.15) is 23.6 Å². The molecule has 158 valence electrons. The van der Waals surface area contributed by atoms with Crippen LogP contribution in [0, 0.1) is 20.8 Å². The molecule has 0 unspecified atom stereocenters. The van der Waals surface area contributed by atoms with Gasteiger partial charge in [0.1, 0.15) is 0 Å². The van der Waals surface area contributed by atoms with Gasteiger partial charge in [0.25, 0.3) is 5.91 Å². The van der Waals surface area contributed by atoms with Gasteiger partial charge in [-0.15, -0.1) is 0 Å². The van der Waals surface area contributed by atoms with E-state index in [1.165, 1.54) is 21.4 Å². The summed E-state index contributed by atoms with van der Waals surface area (Å²) >= 11 is 0. The highest BCUT2D eigenvalue weighted by Crippen LogP contribution is 2.26. The summed E-state index contributed by atoms with van der Waals surface area (Å²) in [6.45, 7) is 7.91. The fourth-order valence-corrected chi connectivity index (χ4v) is 5.23. The quantitative estimate of drug-likeness (QED) is 0.400. The van der Waals surface area contributed by atoms with E-state index < -0.39 is 16.0 Å². The van der Waals surface area contributed by atoms with Crippen molar-refractivity contribution in [3.05, 3.63) is 53.1 Å². The van der Waals surface area contributed by atoms with Crippen LogP contribution in [0.15, 0.2) is 41.3 Å². The lowest BCUT2D eigenvalue weighted by molar-refractivity contribution is -0.148. The Bertz CT molecular complexity index is 903. The van der Waals surface area contributed by atoms with E-state index in [2.05, 4.69) is 0 Å². The lowest BCUT2D eigenvalue weighted by atomic mass is 10.1. The third-order valence-electron chi connectivity index (χ3n) is 4.67. The molecule has 1 amide bonds. The van der Waals surface area contributed by atoms with Gasteiger partial charge in [-0.25, -0.2) is 13.2 Å². The first-order valence-electron chi connectivity index (χ1n) is 9.48. The standard InChI is InChI=1S/C21H28N2O5S/c1-5-6-7-8-20(25)28-15-19(24)22-9-11-23(12-10-22)29(26,27)21-17(3)13-16(2)14-18(21)4/h5-8,13-14H,9-12,15H2,1-4H3/b6-5+,8-7+. The predicted octanol–water partition coefficient (Wildman–Crippen LogP) is 2.12. The first-order valence-corrected chi connectivity index (χ1v) is 10.9. The van der Waals surface area contributed by atoms with Crippen LogP contribution in [0.25, 0.3) is 0 Å². The molecule has 0 atom stereocenters. The number of carbonyl (C=O) groups excluding carboxylic acids is 2. The maximum atomic E-state index is 13.1. The number of esters is 1. The molecular formula is C21H28N2O5S. The largest absolute Gasteiger partial charge is 0.452 e. The maximum Gasteiger partial charge on any atom is 0.331 e. The molecule has 1 aliphatic rings. The number of amides is 1. The molecule has 1 heterocycles. The Hall–Kier alpha value is -2.45. The van der Waals surface area contributed by atoms with Crippen molar-refractivity contribution in [1.29, 1.82) is 0 Å². The summed E-state index contributed by atoms with van der Waals surface area (Å²) < 4.78 is 32.5. The van der Waals surface area contributed by atoms with Crippen LogP contribution < -0.4 is 0 Å². The van der Waals surface area contributed by atoms with Crippen molar-refractivity contribution in [1.82, 2.24) is 9.21 Å². The molecule has 1 saturated heterocycles. The van der Waals surface area contributed by atoms with E-state index in [0.29, 0.717) is 4.90 Å². The molecule has 0 spiro atoms. The van der Waals surface area contributed by atoms with E-state index in [0.717, 1.165) is 16.7 Å². The second-order valence-electron chi connectivity index (χ2n) is 7.01. The number of allylic oxidation sites excluding steroid dienone is 3. The van der Waals surface area contributed by atoms with Crippen LogP contribution >= 0.6 is 0 Å². The molecule has 29 heavy (non-hydrogen) atoms. The molecule has 0 aliphatic carbocycles. The Morgan fingerprint density at radius 2 is 1.62 bits per heavy atom. The van der Waals surface area contributed by atoms with Crippen LogP contribution in [0.2, 0.25) is 0 Å². The van der Waals surface area contributed by atoms with Gasteiger partial charge in [0.05, 0.1) is 4.90 Å². The first-order chi connectivity index (χ1) is 13.7. The summed E-state index contributed by atoms with van der Waals surface area (Å²) in [4.78, 5) is 25.6. The van der Waals surface area contributed by atoms with Crippen molar-refractivity contribution in [2.75, 3.05) is 32.8 Å². The normalized spacial score (nSPS) is 15.9. The van der Waals surface area contributed by atoms with Crippen LogP contribution in [0.4, 0.5) is 0 Å². The molecular weight excluding hydrogens is 392 g/mol. The Balaban J connectivity index is 1.96. The molecule has 1 fully saturated rings. The molecule has 0 N–H and O–H groups in total. The zero-order valence-electron chi connectivity index (χ0n) is 17.3. The molecule has 1 aromatic rings. The number of sulfonamides is 1. The zero-order chi connectivity index (χ0) is 21.6. The van der Waals surface area contributed by atoms with Gasteiger partial charge in [-0.05, 0) is 38.8 Å². The highest BCUT2D eigenvalue weighted by atomic mass is 32.2. The Morgan fingerprint density at radius 3 is 2.17 bits per heavy atom. The number of piperazine rings is 1. The summed E-state index contributed by atoms with van der Waals surface area (Å²) in [5, 5.41) is 0. The summed E-state index contributed by atoms with van der Waals surface area (Å²) in [5.41, 5.74) is 2.46. The van der Waals surface area contributed by atoms with Crippen LogP contribution in [-0.2, 0) is 24.3 Å². The molecule has 7 nitrogen and oxygen atoms in total. The number of hydrogen-bond donors (Lipinski definition) is 0. The second kappa shape index (κ2) is 9.84. The number of rotatable bonds is 6. The van der Waals surface area contributed by atoms with Crippen molar-refractivity contribution in [2.24, 2.45) is 0 Å². The number of nitrogens with zero attached hydrogens (tertiary/aromatic N) is 2. The topological polar surface area (TPSA) is 84.0 Å². The van der Waals surface area contributed by atoms with E-state index in [4.69, 9.17) is 4.74 Å². The van der Waals surface area contributed by atoms with E-state index >= 15 is 0 Å². The van der Waals surface area contributed by atoms with Gasteiger partial charge in [-0.3, -0.25) is 4.79 Å². The smallest absolute Gasteiger partial charge is 0.331 e. The second-order valence-corrected chi connectivity index (χ2v) is 8.88. The summed E-state index contributed by atoms with van der Waals surface area (Å²) in [6, 6.07) is 3.72. The van der Waals surface area contributed by atoms with Crippen molar-refractivity contribution in [3.8, 4) is 0 Å². The zero-order valence-corrected chi connectivity index (χ0v) is 18.2. The van der Waals surface area contributed by atoms with Crippen molar-refractivity contribution >= 4 is 21.9 Å². The van der Waals surface area contributed by atoms with Gasteiger partial charge in [0.15, 0.2) is 6.61 Å². The lowest BCUT2D eigenvalue weighted by Crippen LogP contribution is -2.51. The lowest BCUT2D eigenvalue weighted by Gasteiger charge is -2.34. The Morgan fingerprint density at radius 1 is 1.03 bits per heavy atom. The molecule has 1 aliphatic heterocycles. The minimum Gasteiger partial charge on any atom is -0.452 e. The minimum absolute atomic E-state index is 0.204. The third-order valence-corrected chi connectivity index (χ3v) is 6.87. The van der Waals surface area contributed by atoms with E-state index in [9.17, 15) is 18.0 Å². The number of carbonyl (C=O) groups is 2. The van der Waals surface area contributed by atoms with Gasteiger partial charge >= 0.3 is 5.97 Å². The Kier molecular flexibility index (Phi) is 7.75. The molecule has 0 aromatic heterocycles. The fourth-order valence-electron chi connectivity index (χ4n) is 3.40. The number of aryl methyl sites for hydroxylation is 3. The average Bonchev–Trinajstić information content (AvgIpc) is 2.65. The third kappa shape index (κ3) is 5.77. The maximum absolute atomic E-state index is 13.1. The van der Waals surface area contributed by atoms with Crippen LogP contribution in [0.3, 0.4) is 0 Å². The predicted molar refractivity (Wildman–Crippen MR) is 111 cm³/mol. The number of benzene rings is 1. The van der Waals surface area contributed by atoms with E-state index in [1.807, 2.05) is 26.0 Å². The SMILES string of the molecule is C/C=C/C=C/C(=O)OCC(=O)N1CCN(S(=O)(=O)c2c(C)cc(C)cc2C)CC1. The number of ether oxygens (including phenoxy) is 1. The first kappa shape index (κ1) is 22.8. The van der Waals surface area contributed by atoms with Crippen molar-refractivity contribution in [3.63, 3.8) is 0 Å². The molecule has 0 radical (unpaired) electrons. The van der Waals surface area contributed by atoms with Gasteiger partial charge in [-0.1, -0.05) is 35.9 Å². The van der Waals surface area contributed by atoms with Gasteiger partial charge in [0.2, 0.25) is 10.0 Å². The van der Waals surface area contributed by atoms with Crippen molar-refractivity contribution < 1.29 is 22.7 Å². The highest BCUT2D eigenvalue weighted by Gasteiger charge is 2.32. The number of hydrogen-bond acceptors (Lipinski definition) is 5. The molecule has 1 aromatic carbocycles. The fraction of sp³-hybridized carbons (Fsp3) is 0.429. The Labute approximate surface area is 172 Å².